The molecule has 2 rings (SSSR count). The molecule has 0 unspecified atom stereocenters. The molecule has 0 saturated heterocycles. The van der Waals surface area contributed by atoms with Crippen LogP contribution in [0.15, 0.2) is 10.6 Å². The van der Waals surface area contributed by atoms with E-state index in [0.717, 1.165) is 24.5 Å². The lowest BCUT2D eigenvalue weighted by Crippen LogP contribution is -2.25. The van der Waals surface area contributed by atoms with Gasteiger partial charge >= 0.3 is 0 Å². The number of hydrogen-bond donors (Lipinski definition) is 2. The van der Waals surface area contributed by atoms with Crippen molar-refractivity contribution in [3.63, 3.8) is 0 Å². The van der Waals surface area contributed by atoms with Crippen LogP contribution in [-0.2, 0) is 6.54 Å². The van der Waals surface area contributed by atoms with E-state index >= 15 is 0 Å². The summed E-state index contributed by atoms with van der Waals surface area (Å²) in [6.45, 7) is 8.00. The predicted molar refractivity (Wildman–Crippen MR) is 76.4 cm³/mol. The van der Waals surface area contributed by atoms with Gasteiger partial charge in [0.25, 0.3) is 0 Å². The summed E-state index contributed by atoms with van der Waals surface area (Å²) in [7, 11) is 0. The van der Waals surface area contributed by atoms with Crippen LogP contribution >= 0.6 is 0 Å². The van der Waals surface area contributed by atoms with E-state index in [1.165, 1.54) is 0 Å². The van der Waals surface area contributed by atoms with Gasteiger partial charge in [-0.15, -0.1) is 0 Å². The van der Waals surface area contributed by atoms with Crippen molar-refractivity contribution in [2.45, 2.75) is 27.3 Å². The van der Waals surface area contributed by atoms with E-state index in [1.54, 1.807) is 0 Å². The zero-order valence-corrected chi connectivity index (χ0v) is 11.9. The molecular weight excluding hydrogens is 258 g/mol. The normalized spacial score (nSPS) is 10.6. The van der Waals surface area contributed by atoms with Gasteiger partial charge in [0.1, 0.15) is 11.5 Å². The summed E-state index contributed by atoms with van der Waals surface area (Å²) >= 11 is 0. The molecule has 2 aromatic heterocycles. The molecule has 0 saturated carbocycles. The fraction of sp³-hybridized carbons (Fsp3) is 0.500. The van der Waals surface area contributed by atoms with Gasteiger partial charge in [0.05, 0.1) is 6.54 Å². The topological polar surface area (TPSA) is 106 Å². The maximum absolute atomic E-state index is 5.72. The average molecular weight is 277 g/mol. The van der Waals surface area contributed by atoms with E-state index in [2.05, 4.69) is 25.4 Å². The number of hydrogen-bond acceptors (Lipinski definition) is 8. The smallest absolute Gasteiger partial charge is 0.231 e. The van der Waals surface area contributed by atoms with Crippen LogP contribution in [0.1, 0.15) is 25.3 Å². The van der Waals surface area contributed by atoms with Gasteiger partial charge in [-0.1, -0.05) is 5.16 Å². The summed E-state index contributed by atoms with van der Waals surface area (Å²) in [4.78, 5) is 14.6. The molecule has 0 amide bonds. The standard InChI is InChI=1S/C12H19N7O/c1-4-19(5-2)12-16-10(13)15-11(17-12)14-7-9-6-8(3)20-18-9/h6H,4-5,7H2,1-3H3,(H3,13,14,15,16,17). The summed E-state index contributed by atoms with van der Waals surface area (Å²) in [6.07, 6.45) is 0. The van der Waals surface area contributed by atoms with Crippen LogP contribution in [-0.4, -0.2) is 33.2 Å². The summed E-state index contributed by atoms with van der Waals surface area (Å²) in [6, 6.07) is 1.85. The molecule has 2 aromatic rings. The van der Waals surface area contributed by atoms with E-state index in [1.807, 2.05) is 31.7 Å². The van der Waals surface area contributed by atoms with Gasteiger partial charge in [-0.3, -0.25) is 0 Å². The first-order chi connectivity index (χ1) is 9.62. The lowest BCUT2D eigenvalue weighted by Gasteiger charge is -2.18. The first-order valence-corrected chi connectivity index (χ1v) is 6.55. The Labute approximate surface area is 117 Å². The van der Waals surface area contributed by atoms with Crippen molar-refractivity contribution in [3.8, 4) is 0 Å². The minimum Gasteiger partial charge on any atom is -0.368 e. The van der Waals surface area contributed by atoms with Crippen LogP contribution in [0.4, 0.5) is 17.8 Å². The molecule has 0 aliphatic heterocycles. The number of nitrogens with two attached hydrogens (primary N) is 1. The van der Waals surface area contributed by atoms with Gasteiger partial charge < -0.3 is 20.5 Å². The largest absolute Gasteiger partial charge is 0.368 e. The van der Waals surface area contributed by atoms with Crippen LogP contribution in [0.5, 0.6) is 0 Å². The molecular formula is C12H19N7O. The van der Waals surface area contributed by atoms with Crippen molar-refractivity contribution in [1.82, 2.24) is 20.1 Å². The maximum atomic E-state index is 5.72. The molecule has 3 N–H and O–H groups in total. The Morgan fingerprint density at radius 1 is 1.25 bits per heavy atom. The molecule has 0 radical (unpaired) electrons. The van der Waals surface area contributed by atoms with Crippen LogP contribution in [0.2, 0.25) is 0 Å². The van der Waals surface area contributed by atoms with Crippen molar-refractivity contribution in [2.75, 3.05) is 29.0 Å². The van der Waals surface area contributed by atoms with E-state index < -0.39 is 0 Å². The van der Waals surface area contributed by atoms with Gasteiger partial charge in [0, 0.05) is 19.2 Å². The molecule has 20 heavy (non-hydrogen) atoms. The monoisotopic (exact) mass is 277 g/mol. The molecule has 0 bridgehead atoms. The Kier molecular flexibility index (Phi) is 4.34. The average Bonchev–Trinajstić information content (AvgIpc) is 2.83. The number of anilines is 3. The maximum Gasteiger partial charge on any atom is 0.231 e. The van der Waals surface area contributed by atoms with Crippen molar-refractivity contribution in [3.05, 3.63) is 17.5 Å². The quantitative estimate of drug-likeness (QED) is 0.811. The molecule has 0 fully saturated rings. The number of nitrogens with zero attached hydrogens (tertiary/aromatic N) is 5. The SMILES string of the molecule is CCN(CC)c1nc(N)nc(NCc2cc(C)on2)n1. The molecule has 8 heteroatoms. The second-order valence-electron chi connectivity index (χ2n) is 4.27. The van der Waals surface area contributed by atoms with Gasteiger partial charge in [0.2, 0.25) is 17.8 Å². The van der Waals surface area contributed by atoms with Gasteiger partial charge in [-0.25, -0.2) is 0 Å². The molecule has 2 heterocycles. The highest BCUT2D eigenvalue weighted by Gasteiger charge is 2.10. The number of nitrogens with one attached hydrogen (secondary N) is 1. The number of rotatable bonds is 6. The summed E-state index contributed by atoms with van der Waals surface area (Å²) in [5, 5.41) is 6.96. The Balaban J connectivity index is 2.11. The molecule has 0 spiro atoms. The van der Waals surface area contributed by atoms with E-state index in [4.69, 9.17) is 10.3 Å². The number of nitrogen functional groups attached to an aromatic ring is 1. The van der Waals surface area contributed by atoms with Crippen LogP contribution in [0.3, 0.4) is 0 Å². The van der Waals surface area contributed by atoms with E-state index in [9.17, 15) is 0 Å². The van der Waals surface area contributed by atoms with Crippen molar-refractivity contribution in [2.24, 2.45) is 0 Å². The molecule has 0 atom stereocenters. The third-order valence-electron chi connectivity index (χ3n) is 2.79. The molecule has 0 aromatic carbocycles. The number of aryl methyl sites for hydroxylation is 1. The molecule has 108 valence electrons. The van der Waals surface area contributed by atoms with E-state index in [-0.39, 0.29) is 5.95 Å². The van der Waals surface area contributed by atoms with Crippen molar-refractivity contribution < 1.29 is 4.52 Å². The second-order valence-corrected chi connectivity index (χ2v) is 4.27. The summed E-state index contributed by atoms with van der Waals surface area (Å²) in [5.41, 5.74) is 6.50. The van der Waals surface area contributed by atoms with Gasteiger partial charge in [-0.05, 0) is 20.8 Å². The van der Waals surface area contributed by atoms with Gasteiger partial charge in [0.15, 0.2) is 0 Å². The highest BCUT2D eigenvalue weighted by Crippen LogP contribution is 2.12. The van der Waals surface area contributed by atoms with Crippen molar-refractivity contribution >= 4 is 17.8 Å². The van der Waals surface area contributed by atoms with E-state index in [0.29, 0.717) is 18.4 Å². The number of aromatic nitrogens is 4. The third kappa shape index (κ3) is 3.34. The van der Waals surface area contributed by atoms with Gasteiger partial charge in [-0.2, -0.15) is 15.0 Å². The Morgan fingerprint density at radius 2 is 2.00 bits per heavy atom. The molecule has 8 nitrogen and oxygen atoms in total. The molecule has 0 aliphatic rings. The first-order valence-electron chi connectivity index (χ1n) is 6.55. The molecule has 0 aliphatic carbocycles. The lowest BCUT2D eigenvalue weighted by atomic mass is 10.4. The Hall–Kier alpha value is -2.38. The zero-order chi connectivity index (χ0) is 14.5. The second kappa shape index (κ2) is 6.18. The summed E-state index contributed by atoms with van der Waals surface area (Å²) < 4.78 is 5.00. The Morgan fingerprint density at radius 3 is 2.60 bits per heavy atom. The minimum absolute atomic E-state index is 0.195. The van der Waals surface area contributed by atoms with Crippen LogP contribution in [0.25, 0.3) is 0 Å². The third-order valence-corrected chi connectivity index (χ3v) is 2.79. The minimum atomic E-state index is 0.195. The summed E-state index contributed by atoms with van der Waals surface area (Å²) in [5.74, 6) is 1.96. The first kappa shape index (κ1) is 14.0. The fourth-order valence-electron chi connectivity index (χ4n) is 1.78. The lowest BCUT2D eigenvalue weighted by molar-refractivity contribution is 0.391. The predicted octanol–water partition coefficient (Wildman–Crippen LogP) is 1.21. The Bertz CT molecular complexity index is 565. The fourth-order valence-corrected chi connectivity index (χ4v) is 1.78. The van der Waals surface area contributed by atoms with Crippen LogP contribution in [0, 0.1) is 6.92 Å². The highest BCUT2D eigenvalue weighted by atomic mass is 16.5. The zero-order valence-electron chi connectivity index (χ0n) is 11.9. The highest BCUT2D eigenvalue weighted by molar-refractivity contribution is 5.41. The van der Waals surface area contributed by atoms with Crippen molar-refractivity contribution in [1.29, 1.82) is 0 Å². The van der Waals surface area contributed by atoms with Crippen LogP contribution < -0.4 is 16.0 Å².